The first-order valence-electron chi connectivity index (χ1n) is 1.64. The fourth-order valence-electron chi connectivity index (χ4n) is 0.295. The Hall–Kier alpha value is 0.0499. The topological polar surface area (TPSA) is 24.1 Å². The molecule has 0 amide bonds. The van der Waals surface area contributed by atoms with Crippen LogP contribution in [0.5, 0.6) is 0 Å². The lowest BCUT2D eigenvalue weighted by molar-refractivity contribution is 0.965. The van der Waals surface area contributed by atoms with E-state index in [1.165, 1.54) is 0 Å². The van der Waals surface area contributed by atoms with Gasteiger partial charge >= 0.3 is 0 Å². The molecule has 5 heavy (non-hydrogen) atoms. The molecule has 2 N–H and O–H groups in total. The largest absolute Gasteiger partial charge is 0.315 e. The van der Waals surface area contributed by atoms with Crippen molar-refractivity contribution in [2.75, 3.05) is 0 Å². The number of hydrogen-bond donors (Lipinski definition) is 2. The van der Waals surface area contributed by atoms with Gasteiger partial charge in [0, 0.05) is 0 Å². The standard InChI is InChI=1S/CH4B2N2/c1-2-4-5-3-1/h4-5H,1H2. The SMILES string of the molecule is [B]1C[B]NN1. The van der Waals surface area contributed by atoms with Crippen molar-refractivity contribution in [2.45, 2.75) is 6.22 Å². The molecule has 0 bridgehead atoms. The minimum absolute atomic E-state index is 1.03. The first-order chi connectivity index (χ1) is 2.50. The second kappa shape index (κ2) is 1.48. The predicted molar refractivity (Wildman–Crippen MR) is 22.6 cm³/mol. The highest BCUT2D eigenvalue weighted by atomic mass is 15.3. The van der Waals surface area contributed by atoms with E-state index in [-0.39, 0.29) is 0 Å². The second-order valence-electron chi connectivity index (χ2n) is 0.933. The first kappa shape index (κ1) is 3.25. The molecule has 0 aromatic rings. The van der Waals surface area contributed by atoms with Gasteiger partial charge in [0.05, 0.1) is 0 Å². The molecule has 0 unspecified atom stereocenters. The molecule has 24 valence electrons. The third kappa shape index (κ3) is 0.667. The molecule has 0 atom stereocenters. The Morgan fingerprint density at radius 3 is 2.00 bits per heavy atom. The van der Waals surface area contributed by atoms with Crippen LogP contribution in [0.2, 0.25) is 6.22 Å². The van der Waals surface area contributed by atoms with E-state index in [2.05, 4.69) is 10.7 Å². The molecule has 1 heterocycles. The van der Waals surface area contributed by atoms with Gasteiger partial charge in [0.15, 0.2) is 0 Å². The number of rotatable bonds is 0. The maximum atomic E-state index is 2.79. The molecule has 1 saturated heterocycles. The van der Waals surface area contributed by atoms with Gasteiger partial charge in [-0.05, 0) is 0 Å². The van der Waals surface area contributed by atoms with E-state index in [0.29, 0.717) is 0 Å². The summed E-state index contributed by atoms with van der Waals surface area (Å²) in [6, 6.07) is 0. The highest BCUT2D eigenvalue weighted by molar-refractivity contribution is 6.57. The van der Waals surface area contributed by atoms with E-state index < -0.39 is 0 Å². The molecule has 4 heteroatoms. The van der Waals surface area contributed by atoms with Crippen molar-refractivity contribution in [3.8, 4) is 0 Å². The monoisotopic (exact) mass is 66.1 g/mol. The average Bonchev–Trinajstić information content (AvgIpc) is 1.76. The number of nitrogens with one attached hydrogen (secondary N) is 2. The van der Waals surface area contributed by atoms with Gasteiger partial charge in [-0.2, -0.15) is 0 Å². The summed E-state index contributed by atoms with van der Waals surface area (Å²) in [7, 11) is 3.89. The van der Waals surface area contributed by atoms with Crippen LogP contribution >= 0.6 is 0 Å². The van der Waals surface area contributed by atoms with Gasteiger partial charge in [0.1, 0.15) is 0 Å². The number of hydrazine groups is 1. The molecule has 0 aliphatic carbocycles. The van der Waals surface area contributed by atoms with Crippen LogP contribution in [-0.2, 0) is 0 Å². The lowest BCUT2D eigenvalue weighted by Gasteiger charge is -1.81. The molecule has 2 radical (unpaired) electrons. The normalized spacial score (nSPS) is 20.8. The van der Waals surface area contributed by atoms with Gasteiger partial charge in [-0.15, -0.1) is 0 Å². The van der Waals surface area contributed by atoms with Crippen LogP contribution in [0.15, 0.2) is 0 Å². The molecule has 0 saturated carbocycles. The zero-order valence-corrected chi connectivity index (χ0v) is 2.86. The molecule has 0 spiro atoms. The summed E-state index contributed by atoms with van der Waals surface area (Å²) < 4.78 is 0. The van der Waals surface area contributed by atoms with E-state index in [4.69, 9.17) is 0 Å². The molecular weight excluding hydrogens is 61.6 g/mol. The lowest BCUT2D eigenvalue weighted by Crippen LogP contribution is -2.25. The fraction of sp³-hybridized carbons (Fsp3) is 1.00. The minimum Gasteiger partial charge on any atom is -0.315 e. The van der Waals surface area contributed by atoms with E-state index in [0.717, 1.165) is 6.22 Å². The minimum atomic E-state index is 1.03. The molecule has 0 aromatic carbocycles. The van der Waals surface area contributed by atoms with Crippen molar-refractivity contribution in [1.82, 2.24) is 10.7 Å². The number of hydrogen-bond acceptors (Lipinski definition) is 2. The summed E-state index contributed by atoms with van der Waals surface area (Å²) in [4.78, 5) is 0. The van der Waals surface area contributed by atoms with E-state index in [1.807, 2.05) is 14.8 Å². The molecular formula is CH4B2N2. The van der Waals surface area contributed by atoms with Crippen molar-refractivity contribution < 1.29 is 0 Å². The molecule has 2 nitrogen and oxygen atoms in total. The zero-order valence-electron chi connectivity index (χ0n) is 2.86. The summed E-state index contributed by atoms with van der Waals surface area (Å²) >= 11 is 0. The summed E-state index contributed by atoms with van der Waals surface area (Å²) in [5.41, 5.74) is 0. The Morgan fingerprint density at radius 1 is 1.20 bits per heavy atom. The highest BCUT2D eigenvalue weighted by Gasteiger charge is 1.97. The summed E-state index contributed by atoms with van der Waals surface area (Å²) in [5.74, 6) is 0. The molecule has 1 fully saturated rings. The molecule has 1 aliphatic rings. The highest BCUT2D eigenvalue weighted by Crippen LogP contribution is 1.69. The van der Waals surface area contributed by atoms with Gasteiger partial charge < -0.3 is 10.7 Å². The van der Waals surface area contributed by atoms with Crippen molar-refractivity contribution >= 4 is 14.8 Å². The van der Waals surface area contributed by atoms with Crippen molar-refractivity contribution in [3.05, 3.63) is 0 Å². The Morgan fingerprint density at radius 2 is 1.80 bits per heavy atom. The molecule has 1 rings (SSSR count). The summed E-state index contributed by atoms with van der Waals surface area (Å²) in [6.45, 7) is 0. The summed E-state index contributed by atoms with van der Waals surface area (Å²) in [6.07, 6.45) is 1.03. The van der Waals surface area contributed by atoms with Crippen LogP contribution in [0.1, 0.15) is 0 Å². The predicted octanol–water partition coefficient (Wildman–Crippen LogP) is -1.29. The van der Waals surface area contributed by atoms with Crippen LogP contribution in [0, 0.1) is 0 Å². The van der Waals surface area contributed by atoms with Gasteiger partial charge in [0.25, 0.3) is 0 Å². The Kier molecular flexibility index (Phi) is 0.960. The Balaban J connectivity index is 2.08. The second-order valence-corrected chi connectivity index (χ2v) is 0.933. The van der Waals surface area contributed by atoms with Gasteiger partial charge in [-0.1, -0.05) is 6.22 Å². The zero-order chi connectivity index (χ0) is 3.54. The molecule has 1 aliphatic heterocycles. The van der Waals surface area contributed by atoms with Gasteiger partial charge in [-0.25, -0.2) is 0 Å². The lowest BCUT2D eigenvalue weighted by atomic mass is 9.74. The smallest absolute Gasteiger partial charge is 0.216 e. The van der Waals surface area contributed by atoms with Crippen LogP contribution < -0.4 is 10.7 Å². The van der Waals surface area contributed by atoms with Crippen LogP contribution in [-0.4, -0.2) is 14.8 Å². The van der Waals surface area contributed by atoms with Gasteiger partial charge in [-0.3, -0.25) is 0 Å². The van der Waals surface area contributed by atoms with Crippen molar-refractivity contribution in [2.24, 2.45) is 0 Å². The third-order valence-corrected chi connectivity index (χ3v) is 0.523. The Bertz CT molecular complexity index is 19.2. The fourth-order valence-corrected chi connectivity index (χ4v) is 0.295. The van der Waals surface area contributed by atoms with E-state index >= 15 is 0 Å². The Labute approximate surface area is 32.8 Å². The maximum Gasteiger partial charge on any atom is 0.216 e. The van der Waals surface area contributed by atoms with E-state index in [9.17, 15) is 0 Å². The van der Waals surface area contributed by atoms with Gasteiger partial charge in [0.2, 0.25) is 14.8 Å². The van der Waals surface area contributed by atoms with Crippen molar-refractivity contribution in [1.29, 1.82) is 0 Å². The van der Waals surface area contributed by atoms with Crippen LogP contribution in [0.4, 0.5) is 0 Å². The first-order valence-corrected chi connectivity index (χ1v) is 1.64. The average molecular weight is 65.7 g/mol. The van der Waals surface area contributed by atoms with Crippen molar-refractivity contribution in [3.63, 3.8) is 0 Å². The maximum absolute atomic E-state index is 2.79. The van der Waals surface area contributed by atoms with E-state index in [1.54, 1.807) is 0 Å². The summed E-state index contributed by atoms with van der Waals surface area (Å²) in [5, 5.41) is 5.58. The quantitative estimate of drug-likeness (QED) is 0.343. The van der Waals surface area contributed by atoms with Crippen LogP contribution in [0.25, 0.3) is 0 Å². The molecule has 0 aromatic heterocycles. The third-order valence-electron chi connectivity index (χ3n) is 0.523. The van der Waals surface area contributed by atoms with Crippen LogP contribution in [0.3, 0.4) is 0 Å².